The zero-order valence-electron chi connectivity index (χ0n) is 8.46. The van der Waals surface area contributed by atoms with Gasteiger partial charge < -0.3 is 15.4 Å². The van der Waals surface area contributed by atoms with Gasteiger partial charge in [-0.15, -0.1) is 0 Å². The van der Waals surface area contributed by atoms with Crippen molar-refractivity contribution >= 4 is 0 Å². The summed E-state index contributed by atoms with van der Waals surface area (Å²) in [6.07, 6.45) is 1.38. The molecular formula is C10H18N2O. The van der Waals surface area contributed by atoms with Crippen LogP contribution in [0.5, 0.6) is 0 Å². The molecule has 0 fully saturated rings. The van der Waals surface area contributed by atoms with Crippen LogP contribution in [0.25, 0.3) is 0 Å². The Kier molecular flexibility index (Phi) is 3.12. The van der Waals surface area contributed by atoms with Crippen molar-refractivity contribution in [2.75, 3.05) is 13.6 Å². The Morgan fingerprint density at radius 3 is 2.77 bits per heavy atom. The Morgan fingerprint density at radius 1 is 1.62 bits per heavy atom. The summed E-state index contributed by atoms with van der Waals surface area (Å²) in [4.78, 5) is 3.02. The maximum atomic E-state index is 10.00. The number of nitrogens with one attached hydrogen (secondary N) is 2. The van der Waals surface area contributed by atoms with Crippen LogP contribution in [0.15, 0.2) is 18.3 Å². The fraction of sp³-hybridized carbons (Fsp3) is 0.600. The first-order valence-corrected chi connectivity index (χ1v) is 4.54. The van der Waals surface area contributed by atoms with E-state index in [1.54, 1.807) is 0 Å². The third-order valence-corrected chi connectivity index (χ3v) is 2.29. The number of H-pyrrole nitrogens is 1. The van der Waals surface area contributed by atoms with Gasteiger partial charge in [-0.3, -0.25) is 0 Å². The van der Waals surface area contributed by atoms with Crippen molar-refractivity contribution < 1.29 is 5.11 Å². The first kappa shape index (κ1) is 10.3. The van der Waals surface area contributed by atoms with E-state index in [1.807, 2.05) is 39.2 Å². The third kappa shape index (κ3) is 2.32. The molecular weight excluding hydrogens is 164 g/mol. The van der Waals surface area contributed by atoms with Crippen LogP contribution in [0.1, 0.15) is 25.6 Å². The van der Waals surface area contributed by atoms with Gasteiger partial charge in [-0.05, 0) is 19.2 Å². The Labute approximate surface area is 79.2 Å². The van der Waals surface area contributed by atoms with E-state index in [0.717, 1.165) is 12.2 Å². The van der Waals surface area contributed by atoms with Gasteiger partial charge in [-0.25, -0.2) is 0 Å². The zero-order valence-corrected chi connectivity index (χ0v) is 8.46. The fourth-order valence-electron chi connectivity index (χ4n) is 1.49. The van der Waals surface area contributed by atoms with Crippen molar-refractivity contribution in [1.82, 2.24) is 10.3 Å². The predicted molar refractivity (Wildman–Crippen MR) is 53.5 cm³/mol. The highest BCUT2D eigenvalue weighted by Gasteiger charge is 2.28. The normalized spacial score (nSPS) is 14.5. The number of rotatable bonds is 4. The average molecular weight is 182 g/mol. The molecule has 0 aliphatic rings. The molecule has 74 valence electrons. The van der Waals surface area contributed by atoms with Crippen LogP contribution in [0, 0.1) is 5.41 Å². The second-order valence-electron chi connectivity index (χ2n) is 4.05. The number of hydrogen-bond donors (Lipinski definition) is 3. The highest BCUT2D eigenvalue weighted by Crippen LogP contribution is 2.31. The second-order valence-corrected chi connectivity index (χ2v) is 4.05. The minimum absolute atomic E-state index is 0.153. The van der Waals surface area contributed by atoms with Crippen LogP contribution >= 0.6 is 0 Å². The van der Waals surface area contributed by atoms with E-state index in [1.165, 1.54) is 0 Å². The van der Waals surface area contributed by atoms with Gasteiger partial charge in [0, 0.05) is 23.9 Å². The third-order valence-electron chi connectivity index (χ3n) is 2.29. The fourth-order valence-corrected chi connectivity index (χ4v) is 1.49. The number of aliphatic hydroxyl groups is 1. The Morgan fingerprint density at radius 2 is 2.31 bits per heavy atom. The van der Waals surface area contributed by atoms with Gasteiger partial charge in [0.2, 0.25) is 0 Å². The van der Waals surface area contributed by atoms with Gasteiger partial charge in [-0.1, -0.05) is 13.8 Å². The topological polar surface area (TPSA) is 48.0 Å². The van der Waals surface area contributed by atoms with E-state index >= 15 is 0 Å². The molecule has 1 rings (SSSR count). The minimum atomic E-state index is -0.449. The second kappa shape index (κ2) is 3.94. The van der Waals surface area contributed by atoms with E-state index < -0.39 is 6.10 Å². The van der Waals surface area contributed by atoms with Gasteiger partial charge in [0.05, 0.1) is 6.10 Å². The number of aromatic amines is 1. The van der Waals surface area contributed by atoms with Gasteiger partial charge >= 0.3 is 0 Å². The molecule has 3 heteroatoms. The molecule has 1 aromatic heterocycles. The lowest BCUT2D eigenvalue weighted by atomic mass is 9.85. The molecule has 3 nitrogen and oxygen atoms in total. The van der Waals surface area contributed by atoms with Crippen LogP contribution in [0.4, 0.5) is 0 Å². The molecule has 0 saturated carbocycles. The summed E-state index contributed by atoms with van der Waals surface area (Å²) in [6.45, 7) is 4.86. The quantitative estimate of drug-likeness (QED) is 0.657. The zero-order chi connectivity index (χ0) is 9.90. The maximum Gasteiger partial charge on any atom is 0.1000 e. The van der Waals surface area contributed by atoms with E-state index in [0.29, 0.717) is 0 Å². The Balaban J connectivity index is 2.71. The number of aliphatic hydroxyl groups excluding tert-OH is 1. The summed E-state index contributed by atoms with van der Waals surface area (Å²) in [7, 11) is 1.89. The van der Waals surface area contributed by atoms with Crippen molar-refractivity contribution in [2.24, 2.45) is 5.41 Å². The largest absolute Gasteiger partial charge is 0.386 e. The predicted octanol–water partition coefficient (Wildman–Crippen LogP) is 1.29. The maximum absolute atomic E-state index is 10.00. The van der Waals surface area contributed by atoms with Crippen LogP contribution in [0.2, 0.25) is 0 Å². The molecule has 0 aromatic carbocycles. The summed E-state index contributed by atoms with van der Waals surface area (Å²) in [6, 6.07) is 3.80. The van der Waals surface area contributed by atoms with Crippen molar-refractivity contribution in [3.8, 4) is 0 Å². The first-order chi connectivity index (χ1) is 6.08. The summed E-state index contributed by atoms with van der Waals surface area (Å²) in [5.41, 5.74) is 0.722. The van der Waals surface area contributed by atoms with Crippen LogP contribution < -0.4 is 5.32 Å². The molecule has 1 atom stereocenters. The van der Waals surface area contributed by atoms with Crippen molar-refractivity contribution in [2.45, 2.75) is 20.0 Å². The Hall–Kier alpha value is -0.800. The molecule has 0 bridgehead atoms. The summed E-state index contributed by atoms with van der Waals surface area (Å²) in [5, 5.41) is 13.1. The van der Waals surface area contributed by atoms with Crippen molar-refractivity contribution in [3.63, 3.8) is 0 Å². The van der Waals surface area contributed by atoms with Crippen LogP contribution in [-0.4, -0.2) is 23.7 Å². The number of hydrogen-bond acceptors (Lipinski definition) is 2. The monoisotopic (exact) mass is 182 g/mol. The molecule has 1 unspecified atom stereocenters. The highest BCUT2D eigenvalue weighted by molar-refractivity contribution is 5.10. The molecule has 0 aliphatic heterocycles. The van der Waals surface area contributed by atoms with E-state index in [2.05, 4.69) is 10.3 Å². The molecule has 0 amide bonds. The summed E-state index contributed by atoms with van der Waals surface area (Å²) in [5.74, 6) is 0. The van der Waals surface area contributed by atoms with E-state index in [4.69, 9.17) is 0 Å². The highest BCUT2D eigenvalue weighted by atomic mass is 16.3. The Bertz CT molecular complexity index is 241. The van der Waals surface area contributed by atoms with E-state index in [-0.39, 0.29) is 5.41 Å². The summed E-state index contributed by atoms with van der Waals surface area (Å²) >= 11 is 0. The molecule has 13 heavy (non-hydrogen) atoms. The molecule has 0 saturated heterocycles. The standard InChI is InChI=1S/C10H18N2O/c1-10(2,7-11-3)9(13)8-5-4-6-12-8/h4-6,9,11-13H,7H2,1-3H3. The van der Waals surface area contributed by atoms with Crippen LogP contribution in [0.3, 0.4) is 0 Å². The first-order valence-electron chi connectivity index (χ1n) is 4.54. The summed E-state index contributed by atoms with van der Waals surface area (Å²) < 4.78 is 0. The lowest BCUT2D eigenvalue weighted by molar-refractivity contribution is 0.0475. The molecule has 0 radical (unpaired) electrons. The van der Waals surface area contributed by atoms with Gasteiger partial charge in [0.15, 0.2) is 0 Å². The van der Waals surface area contributed by atoms with Gasteiger partial charge in [-0.2, -0.15) is 0 Å². The molecule has 0 aliphatic carbocycles. The van der Waals surface area contributed by atoms with Crippen molar-refractivity contribution in [1.29, 1.82) is 0 Å². The van der Waals surface area contributed by atoms with E-state index in [9.17, 15) is 5.11 Å². The van der Waals surface area contributed by atoms with Crippen molar-refractivity contribution in [3.05, 3.63) is 24.0 Å². The lowest BCUT2D eigenvalue weighted by Crippen LogP contribution is -2.32. The SMILES string of the molecule is CNCC(C)(C)C(O)c1ccc[nH]1. The molecule has 3 N–H and O–H groups in total. The molecule has 1 heterocycles. The lowest BCUT2D eigenvalue weighted by Gasteiger charge is -2.29. The van der Waals surface area contributed by atoms with Gasteiger partial charge in [0.1, 0.15) is 0 Å². The average Bonchev–Trinajstić information content (AvgIpc) is 2.54. The number of aromatic nitrogens is 1. The van der Waals surface area contributed by atoms with Crippen LogP contribution in [-0.2, 0) is 0 Å². The smallest absolute Gasteiger partial charge is 0.1000 e. The molecule has 1 aromatic rings. The van der Waals surface area contributed by atoms with Gasteiger partial charge in [0.25, 0.3) is 0 Å². The minimum Gasteiger partial charge on any atom is -0.386 e. The molecule has 0 spiro atoms.